The van der Waals surface area contributed by atoms with Crippen molar-refractivity contribution in [1.29, 1.82) is 0 Å². The average molecular weight is 292 g/mol. The predicted octanol–water partition coefficient (Wildman–Crippen LogP) is 3.29. The molecule has 0 aliphatic heterocycles. The third kappa shape index (κ3) is 3.04. The largest absolute Gasteiger partial charge is 0.379 e. The van der Waals surface area contributed by atoms with Crippen LogP contribution in [0.25, 0.3) is 0 Å². The first-order chi connectivity index (χ1) is 9.06. The molecule has 1 atom stereocenters. The van der Waals surface area contributed by atoms with Gasteiger partial charge in [0.1, 0.15) is 5.60 Å². The molecule has 1 unspecified atom stereocenters. The molecule has 0 aliphatic rings. The summed E-state index contributed by atoms with van der Waals surface area (Å²) in [5, 5.41) is 11.4. The van der Waals surface area contributed by atoms with Crippen molar-refractivity contribution in [2.24, 2.45) is 0 Å². The van der Waals surface area contributed by atoms with Crippen LogP contribution >= 0.6 is 12.4 Å². The van der Waals surface area contributed by atoms with Crippen molar-refractivity contribution >= 4 is 12.4 Å². The molecule has 2 aromatic carbocycles. The van der Waals surface area contributed by atoms with E-state index in [9.17, 15) is 5.11 Å². The molecule has 0 amide bonds. The highest BCUT2D eigenvalue weighted by molar-refractivity contribution is 5.85. The number of likely N-dealkylation sites (N-methyl/N-ethyl adjacent to an activating group) is 1. The van der Waals surface area contributed by atoms with Crippen LogP contribution in [0, 0.1) is 0 Å². The molecule has 0 radical (unpaired) electrons. The van der Waals surface area contributed by atoms with Crippen molar-refractivity contribution in [2.45, 2.75) is 18.6 Å². The first kappa shape index (κ1) is 16.7. The Bertz CT molecular complexity index is 474. The summed E-state index contributed by atoms with van der Waals surface area (Å²) in [6, 6.07) is 19.7. The molecule has 20 heavy (non-hydrogen) atoms. The molecule has 0 saturated carbocycles. The van der Waals surface area contributed by atoms with Gasteiger partial charge in [0, 0.05) is 6.04 Å². The van der Waals surface area contributed by atoms with E-state index in [2.05, 4.69) is 0 Å². The average Bonchev–Trinajstić information content (AvgIpc) is 2.47. The lowest BCUT2D eigenvalue weighted by Crippen LogP contribution is -2.46. The van der Waals surface area contributed by atoms with Gasteiger partial charge in [-0.15, -0.1) is 12.4 Å². The SMILES string of the molecule is CC(N(C)C)C(O)(c1ccccc1)c1ccccc1.Cl. The Hall–Kier alpha value is -1.35. The van der Waals surface area contributed by atoms with Gasteiger partial charge in [-0.05, 0) is 32.1 Å². The van der Waals surface area contributed by atoms with Crippen molar-refractivity contribution < 1.29 is 5.11 Å². The fourth-order valence-electron chi connectivity index (χ4n) is 2.41. The molecule has 2 rings (SSSR count). The minimum Gasteiger partial charge on any atom is -0.379 e. The summed E-state index contributed by atoms with van der Waals surface area (Å²) in [6.45, 7) is 2.04. The summed E-state index contributed by atoms with van der Waals surface area (Å²) < 4.78 is 0. The number of benzene rings is 2. The van der Waals surface area contributed by atoms with Crippen molar-refractivity contribution in [3.63, 3.8) is 0 Å². The molecule has 0 heterocycles. The molecule has 108 valence electrons. The summed E-state index contributed by atoms with van der Waals surface area (Å²) in [4.78, 5) is 2.04. The molecule has 0 spiro atoms. The van der Waals surface area contributed by atoms with Crippen molar-refractivity contribution in [3.05, 3.63) is 71.8 Å². The zero-order valence-electron chi connectivity index (χ0n) is 12.2. The minimum atomic E-state index is -1.01. The van der Waals surface area contributed by atoms with E-state index >= 15 is 0 Å². The van der Waals surface area contributed by atoms with Crippen molar-refractivity contribution in [1.82, 2.24) is 4.90 Å². The van der Waals surface area contributed by atoms with E-state index in [-0.39, 0.29) is 18.4 Å². The molecule has 0 aliphatic carbocycles. The van der Waals surface area contributed by atoms with Gasteiger partial charge in [-0.1, -0.05) is 60.7 Å². The zero-order valence-corrected chi connectivity index (χ0v) is 13.0. The lowest BCUT2D eigenvalue weighted by atomic mass is 9.80. The van der Waals surface area contributed by atoms with Crippen LogP contribution in [-0.4, -0.2) is 30.1 Å². The van der Waals surface area contributed by atoms with Crippen molar-refractivity contribution in [3.8, 4) is 0 Å². The zero-order chi connectivity index (χ0) is 13.9. The van der Waals surface area contributed by atoms with E-state index in [0.29, 0.717) is 0 Å². The molecule has 2 nitrogen and oxygen atoms in total. The Morgan fingerprint density at radius 1 is 0.850 bits per heavy atom. The smallest absolute Gasteiger partial charge is 0.130 e. The number of halogens is 1. The van der Waals surface area contributed by atoms with Gasteiger partial charge in [0.25, 0.3) is 0 Å². The lowest BCUT2D eigenvalue weighted by molar-refractivity contribution is 0.00510. The monoisotopic (exact) mass is 291 g/mol. The van der Waals surface area contributed by atoms with Crippen LogP contribution in [0.15, 0.2) is 60.7 Å². The highest BCUT2D eigenvalue weighted by Gasteiger charge is 2.38. The first-order valence-corrected chi connectivity index (χ1v) is 6.56. The van der Waals surface area contributed by atoms with Crippen LogP contribution < -0.4 is 0 Å². The van der Waals surface area contributed by atoms with E-state index in [1.54, 1.807) is 0 Å². The number of nitrogens with zero attached hydrogens (tertiary/aromatic N) is 1. The van der Waals surface area contributed by atoms with Crippen LogP contribution in [-0.2, 0) is 5.60 Å². The summed E-state index contributed by atoms with van der Waals surface area (Å²) in [5.41, 5.74) is 0.830. The normalized spacial score (nSPS) is 12.8. The second-order valence-electron chi connectivity index (χ2n) is 5.14. The molecule has 0 aromatic heterocycles. The van der Waals surface area contributed by atoms with Crippen molar-refractivity contribution in [2.75, 3.05) is 14.1 Å². The Labute approximate surface area is 127 Å². The van der Waals surface area contributed by atoms with Gasteiger partial charge in [-0.3, -0.25) is 0 Å². The van der Waals surface area contributed by atoms with E-state index in [4.69, 9.17) is 0 Å². The standard InChI is InChI=1S/C17H21NO.ClH/c1-14(18(2)3)17(19,15-10-6-4-7-11-15)16-12-8-5-9-13-16;/h4-14,19H,1-3H3;1H. The van der Waals surface area contributed by atoms with Crippen LogP contribution in [0.2, 0.25) is 0 Å². The highest BCUT2D eigenvalue weighted by atomic mass is 35.5. The molecule has 1 N–H and O–H groups in total. The second kappa shape index (κ2) is 6.89. The van der Waals surface area contributed by atoms with Crippen LogP contribution in [0.5, 0.6) is 0 Å². The Morgan fingerprint density at radius 3 is 1.50 bits per heavy atom. The molecular formula is C17H22ClNO. The third-order valence-corrected chi connectivity index (χ3v) is 3.81. The molecule has 0 saturated heterocycles. The summed E-state index contributed by atoms with van der Waals surface area (Å²) in [5.74, 6) is 0. The Balaban J connectivity index is 0.00000200. The van der Waals surface area contributed by atoms with E-state index in [1.165, 1.54) is 0 Å². The second-order valence-corrected chi connectivity index (χ2v) is 5.14. The van der Waals surface area contributed by atoms with Gasteiger partial charge in [0.2, 0.25) is 0 Å². The van der Waals surface area contributed by atoms with Crippen LogP contribution in [0.3, 0.4) is 0 Å². The van der Waals surface area contributed by atoms with E-state index in [0.717, 1.165) is 11.1 Å². The lowest BCUT2D eigenvalue weighted by Gasteiger charge is -2.38. The fraction of sp³-hybridized carbons (Fsp3) is 0.294. The molecular weight excluding hydrogens is 270 g/mol. The molecule has 2 aromatic rings. The summed E-state index contributed by atoms with van der Waals surface area (Å²) in [6.07, 6.45) is 0. The van der Waals surface area contributed by atoms with Gasteiger partial charge < -0.3 is 10.0 Å². The Morgan fingerprint density at radius 2 is 1.20 bits per heavy atom. The maximum absolute atomic E-state index is 11.4. The van der Waals surface area contributed by atoms with E-state index in [1.807, 2.05) is 86.6 Å². The van der Waals surface area contributed by atoms with Gasteiger partial charge in [0.15, 0.2) is 0 Å². The van der Waals surface area contributed by atoms with E-state index < -0.39 is 5.60 Å². The summed E-state index contributed by atoms with van der Waals surface area (Å²) >= 11 is 0. The van der Waals surface area contributed by atoms with Crippen LogP contribution in [0.1, 0.15) is 18.1 Å². The topological polar surface area (TPSA) is 23.5 Å². The highest BCUT2D eigenvalue weighted by Crippen LogP contribution is 2.34. The molecule has 0 fully saturated rings. The molecule has 0 bridgehead atoms. The van der Waals surface area contributed by atoms with Crippen LogP contribution in [0.4, 0.5) is 0 Å². The maximum atomic E-state index is 11.4. The summed E-state index contributed by atoms with van der Waals surface area (Å²) in [7, 11) is 3.98. The maximum Gasteiger partial charge on any atom is 0.130 e. The number of aliphatic hydroxyl groups is 1. The number of rotatable bonds is 4. The fourth-order valence-corrected chi connectivity index (χ4v) is 2.41. The number of hydrogen-bond acceptors (Lipinski definition) is 2. The predicted molar refractivity (Wildman–Crippen MR) is 86.3 cm³/mol. The number of hydrogen-bond donors (Lipinski definition) is 1. The molecule has 3 heteroatoms. The van der Waals surface area contributed by atoms with Gasteiger partial charge in [0.05, 0.1) is 0 Å². The van der Waals surface area contributed by atoms with Gasteiger partial charge >= 0.3 is 0 Å². The van der Waals surface area contributed by atoms with Gasteiger partial charge in [-0.2, -0.15) is 0 Å². The first-order valence-electron chi connectivity index (χ1n) is 6.56. The minimum absolute atomic E-state index is 0. The third-order valence-electron chi connectivity index (χ3n) is 3.81. The quantitative estimate of drug-likeness (QED) is 0.934. The van der Waals surface area contributed by atoms with Gasteiger partial charge in [-0.25, -0.2) is 0 Å². The Kier molecular flexibility index (Phi) is 5.75.